The van der Waals surface area contributed by atoms with Crippen LogP contribution in [0, 0.1) is 6.61 Å². The van der Waals surface area contributed by atoms with Crippen LogP contribution >= 0.6 is 0 Å². The Labute approximate surface area is 84.8 Å². The zero-order valence-electron chi connectivity index (χ0n) is 8.19. The van der Waals surface area contributed by atoms with E-state index in [1.165, 1.54) is 5.56 Å². The van der Waals surface area contributed by atoms with Gasteiger partial charge in [0.05, 0.1) is 12.7 Å². The van der Waals surface area contributed by atoms with Crippen molar-refractivity contribution in [3.63, 3.8) is 0 Å². The Bertz CT molecular complexity index is 252. The highest BCUT2D eigenvalue weighted by Gasteiger charge is 2.20. The maximum Gasteiger partial charge on any atom is 0.227 e. The smallest absolute Gasteiger partial charge is 0.227 e. The van der Waals surface area contributed by atoms with Crippen LogP contribution in [0.2, 0.25) is 0 Å². The lowest BCUT2D eigenvalue weighted by Gasteiger charge is -2.17. The first-order chi connectivity index (χ1) is 6.95. The summed E-state index contributed by atoms with van der Waals surface area (Å²) in [7, 11) is 0. The van der Waals surface area contributed by atoms with Crippen molar-refractivity contribution in [3.05, 3.63) is 42.5 Å². The van der Waals surface area contributed by atoms with Gasteiger partial charge in [-0.1, -0.05) is 30.3 Å². The largest absolute Gasteiger partial charge is 0.371 e. The van der Waals surface area contributed by atoms with Gasteiger partial charge in [0.25, 0.3) is 0 Å². The van der Waals surface area contributed by atoms with E-state index in [1.54, 1.807) is 0 Å². The van der Waals surface area contributed by atoms with Crippen molar-refractivity contribution in [1.29, 1.82) is 0 Å². The Morgan fingerprint density at radius 1 is 1.36 bits per heavy atom. The standard InChI is InChI=1S/C12H15O2/c1-2-5-11(6-3-1)9-14-12-7-4-8-13-10-12/h1-3,5-6,8,12H,4,7,9-10H2/q+1/t12-/m0/s1. The highest BCUT2D eigenvalue weighted by atomic mass is 16.5. The summed E-state index contributed by atoms with van der Waals surface area (Å²) in [6.45, 7) is 3.25. The highest BCUT2D eigenvalue weighted by Crippen LogP contribution is 2.14. The van der Waals surface area contributed by atoms with Gasteiger partial charge in [-0.05, 0) is 5.56 Å². The minimum absolute atomic E-state index is 0.264. The Morgan fingerprint density at radius 3 is 2.93 bits per heavy atom. The first kappa shape index (κ1) is 9.56. The van der Waals surface area contributed by atoms with Crippen molar-refractivity contribution in [2.45, 2.75) is 25.6 Å². The number of hydrogen-bond acceptors (Lipinski definition) is 2. The molecule has 14 heavy (non-hydrogen) atoms. The summed E-state index contributed by atoms with van der Waals surface area (Å²) < 4.78 is 10.9. The number of ether oxygens (including phenoxy) is 2. The minimum atomic E-state index is 0.264. The molecule has 1 fully saturated rings. The number of hydrogen-bond donors (Lipinski definition) is 0. The highest BCUT2D eigenvalue weighted by molar-refractivity contribution is 5.13. The quantitative estimate of drug-likeness (QED) is 0.683. The molecule has 1 atom stereocenters. The van der Waals surface area contributed by atoms with Crippen LogP contribution in [0.1, 0.15) is 18.4 Å². The lowest BCUT2D eigenvalue weighted by atomic mass is 10.2. The predicted octanol–water partition coefficient (Wildman–Crippen LogP) is 2.54. The molecule has 1 aromatic rings. The van der Waals surface area contributed by atoms with Crippen LogP contribution in [0.25, 0.3) is 0 Å². The average Bonchev–Trinajstić information content (AvgIpc) is 2.29. The second-order valence-electron chi connectivity index (χ2n) is 3.50. The van der Waals surface area contributed by atoms with Crippen LogP contribution in [-0.4, -0.2) is 12.7 Å². The molecule has 0 amide bonds. The summed E-state index contributed by atoms with van der Waals surface area (Å²) in [5.74, 6) is 0. The van der Waals surface area contributed by atoms with E-state index in [2.05, 4.69) is 12.1 Å². The molecular weight excluding hydrogens is 176 g/mol. The van der Waals surface area contributed by atoms with E-state index in [1.807, 2.05) is 24.8 Å². The van der Waals surface area contributed by atoms with Gasteiger partial charge in [0, 0.05) is 6.42 Å². The van der Waals surface area contributed by atoms with Gasteiger partial charge in [0.1, 0.15) is 13.0 Å². The molecule has 0 N–H and O–H groups in total. The number of benzene rings is 1. The molecule has 0 aromatic heterocycles. The molecule has 1 aliphatic heterocycles. The molecule has 1 aromatic carbocycles. The average molecular weight is 191 g/mol. The zero-order chi connectivity index (χ0) is 9.64. The van der Waals surface area contributed by atoms with E-state index < -0.39 is 0 Å². The van der Waals surface area contributed by atoms with E-state index in [0.717, 1.165) is 12.8 Å². The van der Waals surface area contributed by atoms with Crippen LogP contribution in [0.4, 0.5) is 0 Å². The van der Waals surface area contributed by atoms with E-state index in [9.17, 15) is 0 Å². The fourth-order valence-electron chi connectivity index (χ4n) is 1.52. The monoisotopic (exact) mass is 191 g/mol. The molecule has 0 radical (unpaired) electrons. The molecule has 1 heterocycles. The minimum Gasteiger partial charge on any atom is -0.371 e. The van der Waals surface area contributed by atoms with Gasteiger partial charge >= 0.3 is 0 Å². The van der Waals surface area contributed by atoms with E-state index in [-0.39, 0.29) is 6.10 Å². The topological polar surface area (TPSA) is 18.5 Å². The summed E-state index contributed by atoms with van der Waals surface area (Å²) in [6, 6.07) is 10.2. The van der Waals surface area contributed by atoms with Gasteiger partial charge in [0.15, 0.2) is 0 Å². The lowest BCUT2D eigenvalue weighted by molar-refractivity contribution is -0.0368. The van der Waals surface area contributed by atoms with Crippen molar-refractivity contribution >= 4 is 0 Å². The molecular formula is C12H15O2+. The molecule has 2 rings (SSSR count). The van der Waals surface area contributed by atoms with Crippen molar-refractivity contribution in [3.8, 4) is 0 Å². The molecule has 0 spiro atoms. The van der Waals surface area contributed by atoms with Gasteiger partial charge in [-0.15, -0.1) is 0 Å². The summed E-state index contributed by atoms with van der Waals surface area (Å²) in [6.07, 6.45) is 2.34. The molecule has 1 aliphatic rings. The van der Waals surface area contributed by atoms with E-state index in [4.69, 9.17) is 9.47 Å². The van der Waals surface area contributed by atoms with Gasteiger partial charge in [0.2, 0.25) is 6.61 Å². The second-order valence-corrected chi connectivity index (χ2v) is 3.50. The van der Waals surface area contributed by atoms with E-state index in [0.29, 0.717) is 13.2 Å². The van der Waals surface area contributed by atoms with Gasteiger partial charge in [-0.3, -0.25) is 0 Å². The van der Waals surface area contributed by atoms with Gasteiger partial charge < -0.3 is 4.74 Å². The maximum atomic E-state index is 5.72. The number of rotatable bonds is 3. The third-order valence-corrected chi connectivity index (χ3v) is 2.33. The van der Waals surface area contributed by atoms with Crippen LogP contribution in [0.3, 0.4) is 0 Å². The molecule has 1 saturated heterocycles. The third kappa shape index (κ3) is 2.76. The Morgan fingerprint density at radius 2 is 2.21 bits per heavy atom. The summed E-state index contributed by atoms with van der Waals surface area (Å²) in [5.41, 5.74) is 1.22. The maximum absolute atomic E-state index is 5.72. The van der Waals surface area contributed by atoms with Crippen molar-refractivity contribution < 1.29 is 9.47 Å². The lowest BCUT2D eigenvalue weighted by Crippen LogP contribution is -2.23. The summed E-state index contributed by atoms with van der Waals surface area (Å²) in [5, 5.41) is 0. The summed E-state index contributed by atoms with van der Waals surface area (Å²) in [4.78, 5) is 0. The first-order valence-corrected chi connectivity index (χ1v) is 5.04. The molecule has 0 bridgehead atoms. The fourth-order valence-corrected chi connectivity index (χ4v) is 1.52. The Kier molecular flexibility index (Phi) is 3.44. The van der Waals surface area contributed by atoms with Gasteiger partial charge in [-0.25, -0.2) is 0 Å². The first-order valence-electron chi connectivity index (χ1n) is 5.04. The van der Waals surface area contributed by atoms with Crippen molar-refractivity contribution in [2.24, 2.45) is 0 Å². The normalized spacial score (nSPS) is 21.6. The van der Waals surface area contributed by atoms with Crippen molar-refractivity contribution in [2.75, 3.05) is 6.61 Å². The fraction of sp³-hybridized carbons (Fsp3) is 0.417. The van der Waals surface area contributed by atoms with Crippen LogP contribution in [0.5, 0.6) is 0 Å². The Balaban J connectivity index is 1.76. The molecule has 2 heteroatoms. The van der Waals surface area contributed by atoms with Crippen LogP contribution in [0.15, 0.2) is 30.3 Å². The molecule has 74 valence electrons. The predicted molar refractivity (Wildman–Crippen MR) is 54.5 cm³/mol. The van der Waals surface area contributed by atoms with Crippen molar-refractivity contribution in [1.82, 2.24) is 0 Å². The van der Waals surface area contributed by atoms with Gasteiger partial charge in [-0.2, -0.15) is 4.74 Å². The zero-order valence-corrected chi connectivity index (χ0v) is 8.19. The second kappa shape index (κ2) is 5.03. The molecule has 2 nitrogen and oxygen atoms in total. The molecule has 0 unspecified atom stereocenters. The van der Waals surface area contributed by atoms with E-state index >= 15 is 0 Å². The molecule has 0 saturated carbocycles. The summed E-state index contributed by atoms with van der Waals surface area (Å²) >= 11 is 0. The Hall–Kier alpha value is -0.990. The van der Waals surface area contributed by atoms with Crippen LogP contribution in [-0.2, 0) is 16.1 Å². The van der Waals surface area contributed by atoms with Crippen LogP contribution < -0.4 is 0 Å². The molecule has 0 aliphatic carbocycles. The SMILES string of the molecule is c1ccc(CO[C@H]2CC[CH+]OC2)cc1. The third-order valence-electron chi connectivity index (χ3n) is 2.33.